The minimum absolute atomic E-state index is 0.0189. The number of hydrogen-bond acceptors (Lipinski definition) is 3. The highest BCUT2D eigenvalue weighted by Gasteiger charge is 2.34. The highest BCUT2D eigenvalue weighted by molar-refractivity contribution is 7.92. The first-order chi connectivity index (χ1) is 7.72. The van der Waals surface area contributed by atoms with Gasteiger partial charge in [0.05, 0.1) is 10.5 Å². The summed E-state index contributed by atoms with van der Waals surface area (Å²) in [5.41, 5.74) is -0.0189. The summed E-state index contributed by atoms with van der Waals surface area (Å²) in [6.07, 6.45) is 4.50. The van der Waals surface area contributed by atoms with Crippen molar-refractivity contribution in [3.8, 4) is 0 Å². The lowest BCUT2D eigenvalue weighted by Gasteiger charge is -2.29. The Balaban J connectivity index is 2.48. The molecule has 0 aliphatic heterocycles. The molecule has 1 aliphatic carbocycles. The molecule has 1 rings (SSSR count). The number of rotatable bonds is 5. The van der Waals surface area contributed by atoms with Crippen LogP contribution in [0.3, 0.4) is 0 Å². The number of halogens is 1. The van der Waals surface area contributed by atoms with Crippen molar-refractivity contribution in [1.29, 1.82) is 0 Å². The Labute approximate surface area is 110 Å². The highest BCUT2D eigenvalue weighted by Crippen LogP contribution is 2.30. The molecule has 17 heavy (non-hydrogen) atoms. The summed E-state index contributed by atoms with van der Waals surface area (Å²) in [6.45, 7) is 5.74. The fourth-order valence-corrected chi connectivity index (χ4v) is 3.51. The second-order valence-corrected chi connectivity index (χ2v) is 9.11. The van der Waals surface area contributed by atoms with Crippen LogP contribution in [0.1, 0.15) is 46.5 Å². The SMILES string of the molecule is CC(C)(C)S(=O)(=O)CCNC1(CCl)CCCC1. The second-order valence-electron chi connectivity index (χ2n) is 5.98. The Morgan fingerprint density at radius 2 is 1.76 bits per heavy atom. The smallest absolute Gasteiger partial charge is 0.156 e. The van der Waals surface area contributed by atoms with E-state index in [0.29, 0.717) is 12.4 Å². The van der Waals surface area contributed by atoms with E-state index in [-0.39, 0.29) is 11.3 Å². The van der Waals surface area contributed by atoms with Crippen LogP contribution in [0.25, 0.3) is 0 Å². The molecule has 0 amide bonds. The maximum absolute atomic E-state index is 11.9. The minimum Gasteiger partial charge on any atom is -0.309 e. The second kappa shape index (κ2) is 5.45. The first-order valence-corrected chi connectivity index (χ1v) is 8.44. The van der Waals surface area contributed by atoms with Crippen molar-refractivity contribution in [3.63, 3.8) is 0 Å². The van der Waals surface area contributed by atoms with E-state index in [9.17, 15) is 8.42 Å². The average Bonchev–Trinajstić information content (AvgIpc) is 2.65. The molecule has 0 aromatic heterocycles. The van der Waals surface area contributed by atoms with E-state index >= 15 is 0 Å². The van der Waals surface area contributed by atoms with Crippen LogP contribution in [0, 0.1) is 0 Å². The van der Waals surface area contributed by atoms with Crippen LogP contribution >= 0.6 is 11.6 Å². The molecular weight excluding hydrogens is 258 g/mol. The van der Waals surface area contributed by atoms with Crippen LogP contribution in [0.15, 0.2) is 0 Å². The Morgan fingerprint density at radius 3 is 2.18 bits per heavy atom. The summed E-state index contributed by atoms with van der Waals surface area (Å²) in [7, 11) is -3.03. The van der Waals surface area contributed by atoms with E-state index in [1.807, 2.05) is 0 Å². The molecule has 102 valence electrons. The molecule has 0 bridgehead atoms. The maximum Gasteiger partial charge on any atom is 0.156 e. The first-order valence-electron chi connectivity index (χ1n) is 6.26. The highest BCUT2D eigenvalue weighted by atomic mass is 35.5. The van der Waals surface area contributed by atoms with E-state index < -0.39 is 14.6 Å². The van der Waals surface area contributed by atoms with Crippen LogP contribution in [0.2, 0.25) is 0 Å². The molecule has 0 spiro atoms. The van der Waals surface area contributed by atoms with Gasteiger partial charge in [0.2, 0.25) is 0 Å². The molecule has 5 heteroatoms. The van der Waals surface area contributed by atoms with Gasteiger partial charge in [0.1, 0.15) is 0 Å². The molecule has 1 aliphatic rings. The van der Waals surface area contributed by atoms with Gasteiger partial charge in [-0.3, -0.25) is 0 Å². The third-order valence-electron chi connectivity index (χ3n) is 3.62. The number of nitrogens with one attached hydrogen (secondary N) is 1. The van der Waals surface area contributed by atoms with Gasteiger partial charge in [0.25, 0.3) is 0 Å². The Kier molecular flexibility index (Phi) is 4.89. The molecule has 0 aromatic rings. The van der Waals surface area contributed by atoms with Crippen molar-refractivity contribution in [2.24, 2.45) is 0 Å². The summed E-state index contributed by atoms with van der Waals surface area (Å²) < 4.78 is 23.2. The van der Waals surface area contributed by atoms with Crippen LogP contribution in [-0.2, 0) is 9.84 Å². The summed E-state index contributed by atoms with van der Waals surface area (Å²) in [6, 6.07) is 0. The van der Waals surface area contributed by atoms with Crippen molar-refractivity contribution in [1.82, 2.24) is 5.32 Å². The van der Waals surface area contributed by atoms with E-state index in [1.54, 1.807) is 20.8 Å². The normalized spacial score (nSPS) is 20.7. The zero-order chi connectivity index (χ0) is 13.2. The zero-order valence-electron chi connectivity index (χ0n) is 11.1. The molecule has 0 atom stereocenters. The fourth-order valence-electron chi connectivity index (χ4n) is 2.17. The lowest BCUT2D eigenvalue weighted by molar-refractivity contribution is 0.379. The van der Waals surface area contributed by atoms with Gasteiger partial charge in [0, 0.05) is 18.0 Å². The topological polar surface area (TPSA) is 46.2 Å². The minimum atomic E-state index is -3.03. The van der Waals surface area contributed by atoms with Crippen molar-refractivity contribution in [2.75, 3.05) is 18.2 Å². The molecule has 3 nitrogen and oxygen atoms in total. The predicted molar refractivity (Wildman–Crippen MR) is 73.5 cm³/mol. The van der Waals surface area contributed by atoms with Crippen molar-refractivity contribution in [2.45, 2.75) is 56.7 Å². The average molecular weight is 282 g/mol. The predicted octanol–water partition coefficient (Wildman–Crippen LogP) is 2.34. The van der Waals surface area contributed by atoms with Gasteiger partial charge in [-0.15, -0.1) is 11.6 Å². The van der Waals surface area contributed by atoms with Crippen LogP contribution in [-0.4, -0.2) is 36.9 Å². The summed E-state index contributed by atoms with van der Waals surface area (Å²) in [4.78, 5) is 0. The van der Waals surface area contributed by atoms with E-state index in [4.69, 9.17) is 11.6 Å². The van der Waals surface area contributed by atoms with Crippen LogP contribution < -0.4 is 5.32 Å². The fraction of sp³-hybridized carbons (Fsp3) is 1.00. The van der Waals surface area contributed by atoms with E-state index in [2.05, 4.69) is 5.32 Å². The van der Waals surface area contributed by atoms with Crippen LogP contribution in [0.5, 0.6) is 0 Å². The zero-order valence-corrected chi connectivity index (χ0v) is 12.6. The molecule has 0 radical (unpaired) electrons. The molecule has 0 saturated heterocycles. The summed E-state index contributed by atoms with van der Waals surface area (Å²) in [5, 5.41) is 3.36. The third kappa shape index (κ3) is 3.83. The monoisotopic (exact) mass is 281 g/mol. The van der Waals surface area contributed by atoms with E-state index in [1.165, 1.54) is 12.8 Å². The molecule has 1 fully saturated rings. The summed E-state index contributed by atoms with van der Waals surface area (Å²) in [5.74, 6) is 0.762. The van der Waals surface area contributed by atoms with E-state index in [0.717, 1.165) is 12.8 Å². The van der Waals surface area contributed by atoms with Gasteiger partial charge in [0.15, 0.2) is 9.84 Å². The standard InChI is InChI=1S/C12H24ClNO2S/c1-11(2,3)17(15,16)9-8-14-12(10-13)6-4-5-7-12/h14H,4-10H2,1-3H3. The number of sulfone groups is 1. The largest absolute Gasteiger partial charge is 0.309 e. The molecular formula is C12H24ClNO2S. The lowest BCUT2D eigenvalue weighted by atomic mass is 10.0. The molecule has 1 N–H and O–H groups in total. The third-order valence-corrected chi connectivity index (χ3v) is 6.74. The molecule has 1 saturated carbocycles. The van der Waals surface area contributed by atoms with Crippen molar-refractivity contribution in [3.05, 3.63) is 0 Å². The Bertz CT molecular complexity index is 340. The number of alkyl halides is 1. The van der Waals surface area contributed by atoms with Crippen molar-refractivity contribution < 1.29 is 8.42 Å². The quantitative estimate of drug-likeness (QED) is 0.787. The first kappa shape index (κ1) is 15.3. The van der Waals surface area contributed by atoms with Gasteiger partial charge < -0.3 is 5.32 Å². The lowest BCUT2D eigenvalue weighted by Crippen LogP contribution is -2.47. The summed E-state index contributed by atoms with van der Waals surface area (Å²) >= 11 is 5.99. The van der Waals surface area contributed by atoms with Gasteiger partial charge in [-0.1, -0.05) is 12.8 Å². The van der Waals surface area contributed by atoms with Gasteiger partial charge in [-0.2, -0.15) is 0 Å². The van der Waals surface area contributed by atoms with Gasteiger partial charge >= 0.3 is 0 Å². The van der Waals surface area contributed by atoms with Gasteiger partial charge in [-0.05, 0) is 33.6 Å². The molecule has 0 unspecified atom stereocenters. The Morgan fingerprint density at radius 1 is 1.24 bits per heavy atom. The van der Waals surface area contributed by atoms with Crippen LogP contribution in [0.4, 0.5) is 0 Å². The van der Waals surface area contributed by atoms with Gasteiger partial charge in [-0.25, -0.2) is 8.42 Å². The molecule has 0 aromatic carbocycles. The maximum atomic E-state index is 11.9. The number of hydrogen-bond donors (Lipinski definition) is 1. The molecule has 0 heterocycles. The van der Waals surface area contributed by atoms with Crippen molar-refractivity contribution >= 4 is 21.4 Å². The Hall–Kier alpha value is 0.200.